The Labute approximate surface area is 195 Å². The van der Waals surface area contributed by atoms with Crippen molar-refractivity contribution in [1.82, 2.24) is 4.98 Å². The molecule has 0 saturated heterocycles. The van der Waals surface area contributed by atoms with Crippen molar-refractivity contribution in [1.29, 1.82) is 0 Å². The molecule has 0 N–H and O–H groups in total. The van der Waals surface area contributed by atoms with E-state index in [1.54, 1.807) is 25.1 Å². The summed E-state index contributed by atoms with van der Waals surface area (Å²) in [6.45, 7) is 9.72. The summed E-state index contributed by atoms with van der Waals surface area (Å²) in [5.41, 5.74) is 2.92. The van der Waals surface area contributed by atoms with Crippen LogP contribution < -0.4 is 4.74 Å². The van der Waals surface area contributed by atoms with Gasteiger partial charge in [-0.05, 0) is 53.8 Å². The first-order chi connectivity index (χ1) is 16.5. The predicted octanol–water partition coefficient (Wildman–Crippen LogP) is 5.33. The van der Waals surface area contributed by atoms with Crippen molar-refractivity contribution in [3.8, 4) is 17.1 Å². The summed E-state index contributed by atoms with van der Waals surface area (Å²) in [5, 5.41) is 0. The molecule has 0 radical (unpaired) electrons. The molecule has 0 fully saturated rings. The standard InChI is InChI=1S/C26H22F2N2O4/c1-3-33-25(31)13-18-12-23(28)21-11-19(18)14-32-9-8-16-10-20(29-2)5-4-17(16)15-34-24-7-6-22(27)26(21)30-24/h4-7,10-12H,3,8-9,13-15H2,1H3. The molecule has 174 valence electrons. The molecule has 0 amide bonds. The van der Waals surface area contributed by atoms with Gasteiger partial charge in [0.25, 0.3) is 0 Å². The van der Waals surface area contributed by atoms with Gasteiger partial charge in [-0.2, -0.15) is 0 Å². The fourth-order valence-corrected chi connectivity index (χ4v) is 3.77. The number of aromatic nitrogens is 1. The maximum atomic E-state index is 15.1. The van der Waals surface area contributed by atoms with E-state index in [1.165, 1.54) is 24.3 Å². The van der Waals surface area contributed by atoms with E-state index in [4.69, 9.17) is 20.8 Å². The molecule has 34 heavy (non-hydrogen) atoms. The summed E-state index contributed by atoms with van der Waals surface area (Å²) in [7, 11) is 0. The van der Waals surface area contributed by atoms with E-state index in [-0.39, 0.29) is 43.4 Å². The lowest BCUT2D eigenvalue weighted by Crippen LogP contribution is -2.12. The minimum absolute atomic E-state index is 0.0479. The SMILES string of the molecule is [C-]#[N+]c1ccc2c(c1)CCOCc1cc(c(F)cc1CC(=O)OCC)-c1nc(ccc1F)OC2. The van der Waals surface area contributed by atoms with Crippen LogP contribution in [0.1, 0.15) is 29.2 Å². The van der Waals surface area contributed by atoms with Crippen molar-refractivity contribution < 1.29 is 27.8 Å². The van der Waals surface area contributed by atoms with Crippen LogP contribution >= 0.6 is 0 Å². The molecule has 0 saturated carbocycles. The predicted molar refractivity (Wildman–Crippen MR) is 120 cm³/mol. The molecular formula is C26H22F2N2O4. The van der Waals surface area contributed by atoms with Gasteiger partial charge in [-0.3, -0.25) is 4.79 Å². The summed E-state index contributed by atoms with van der Waals surface area (Å²) in [4.78, 5) is 19.7. The molecular weight excluding hydrogens is 442 g/mol. The zero-order valence-corrected chi connectivity index (χ0v) is 18.6. The number of carbonyl (C=O) groups excluding carboxylic acids is 1. The van der Waals surface area contributed by atoms with Crippen LogP contribution in [-0.2, 0) is 40.3 Å². The quantitative estimate of drug-likeness (QED) is 0.387. The fourth-order valence-electron chi connectivity index (χ4n) is 3.77. The van der Waals surface area contributed by atoms with E-state index in [0.717, 1.165) is 11.1 Å². The summed E-state index contributed by atoms with van der Waals surface area (Å²) >= 11 is 0. The highest BCUT2D eigenvalue weighted by atomic mass is 19.1. The van der Waals surface area contributed by atoms with Crippen LogP contribution in [0.25, 0.3) is 16.1 Å². The second-order valence-corrected chi connectivity index (χ2v) is 7.72. The van der Waals surface area contributed by atoms with Gasteiger partial charge in [-0.25, -0.2) is 18.6 Å². The number of halogens is 2. The molecule has 0 atom stereocenters. The second-order valence-electron chi connectivity index (χ2n) is 7.72. The topological polar surface area (TPSA) is 62.0 Å². The Morgan fingerprint density at radius 3 is 2.74 bits per heavy atom. The first-order valence-electron chi connectivity index (χ1n) is 10.8. The van der Waals surface area contributed by atoms with Crippen LogP contribution in [0.4, 0.5) is 14.5 Å². The maximum absolute atomic E-state index is 15.1. The van der Waals surface area contributed by atoms with Gasteiger partial charge in [0.15, 0.2) is 5.69 Å². The van der Waals surface area contributed by atoms with Crippen LogP contribution in [0.3, 0.4) is 0 Å². The summed E-state index contributed by atoms with van der Waals surface area (Å²) in [6, 6.07) is 10.5. The van der Waals surface area contributed by atoms with Crippen LogP contribution in [0.2, 0.25) is 0 Å². The first-order valence-corrected chi connectivity index (χ1v) is 10.8. The average Bonchev–Trinajstić information content (AvgIpc) is 2.82. The number of hydrogen-bond acceptors (Lipinski definition) is 5. The molecule has 0 unspecified atom stereocenters. The Hall–Kier alpha value is -3.83. The van der Waals surface area contributed by atoms with Crippen LogP contribution in [-0.4, -0.2) is 24.2 Å². The molecule has 1 aliphatic rings. The fraction of sp³-hybridized carbons (Fsp3) is 0.269. The van der Waals surface area contributed by atoms with Gasteiger partial charge in [0.2, 0.25) is 5.88 Å². The van der Waals surface area contributed by atoms with E-state index in [9.17, 15) is 9.18 Å². The minimum Gasteiger partial charge on any atom is -0.473 e. The number of pyridine rings is 1. The molecule has 0 aliphatic carbocycles. The molecule has 6 nitrogen and oxygen atoms in total. The van der Waals surface area contributed by atoms with Gasteiger partial charge >= 0.3 is 5.97 Å². The van der Waals surface area contributed by atoms with Crippen molar-refractivity contribution in [2.75, 3.05) is 13.2 Å². The number of benzene rings is 2. The van der Waals surface area contributed by atoms with Crippen LogP contribution in [0.15, 0.2) is 42.5 Å². The Balaban J connectivity index is 1.77. The monoisotopic (exact) mass is 464 g/mol. The number of hydrogen-bond donors (Lipinski definition) is 0. The molecule has 1 aliphatic heterocycles. The zero-order valence-electron chi connectivity index (χ0n) is 18.6. The number of rotatable bonds is 3. The van der Waals surface area contributed by atoms with Crippen molar-refractivity contribution in [3.05, 3.63) is 87.8 Å². The summed E-state index contributed by atoms with van der Waals surface area (Å²) in [6.07, 6.45) is 0.380. The van der Waals surface area contributed by atoms with Crippen LogP contribution in [0.5, 0.6) is 5.88 Å². The van der Waals surface area contributed by atoms with Crippen molar-refractivity contribution >= 4 is 11.7 Å². The third-order valence-electron chi connectivity index (χ3n) is 5.47. The second kappa shape index (κ2) is 10.4. The van der Waals surface area contributed by atoms with Crippen LogP contribution in [0, 0.1) is 18.2 Å². The molecule has 2 aromatic carbocycles. The van der Waals surface area contributed by atoms with Gasteiger partial charge in [-0.1, -0.05) is 18.2 Å². The van der Waals surface area contributed by atoms with Gasteiger partial charge in [0.1, 0.15) is 23.9 Å². The molecule has 3 aromatic rings. The lowest BCUT2D eigenvalue weighted by molar-refractivity contribution is -0.142. The van der Waals surface area contributed by atoms with E-state index in [0.29, 0.717) is 29.8 Å². The van der Waals surface area contributed by atoms with Crippen molar-refractivity contribution in [3.63, 3.8) is 0 Å². The molecule has 4 bridgehead atoms. The summed E-state index contributed by atoms with van der Waals surface area (Å²) in [5.74, 6) is -1.77. The zero-order chi connectivity index (χ0) is 24.1. The lowest BCUT2D eigenvalue weighted by Gasteiger charge is -2.16. The summed E-state index contributed by atoms with van der Waals surface area (Å²) < 4.78 is 46.4. The van der Waals surface area contributed by atoms with Gasteiger partial charge in [0, 0.05) is 11.6 Å². The maximum Gasteiger partial charge on any atom is 0.310 e. The number of ether oxygens (including phenoxy) is 3. The van der Waals surface area contributed by atoms with E-state index < -0.39 is 17.6 Å². The Morgan fingerprint density at radius 2 is 1.94 bits per heavy atom. The number of esters is 1. The van der Waals surface area contributed by atoms with Gasteiger partial charge in [0.05, 0.1) is 32.8 Å². The van der Waals surface area contributed by atoms with E-state index >= 15 is 4.39 Å². The average molecular weight is 464 g/mol. The highest BCUT2D eigenvalue weighted by Gasteiger charge is 2.19. The van der Waals surface area contributed by atoms with Gasteiger partial charge in [-0.15, -0.1) is 0 Å². The third kappa shape index (κ3) is 5.21. The number of carbonyl (C=O) groups is 1. The van der Waals surface area contributed by atoms with Crippen molar-refractivity contribution in [2.45, 2.75) is 33.0 Å². The Morgan fingerprint density at radius 1 is 1.09 bits per heavy atom. The van der Waals surface area contributed by atoms with Crippen molar-refractivity contribution in [2.24, 2.45) is 0 Å². The van der Waals surface area contributed by atoms with E-state index in [2.05, 4.69) is 9.83 Å². The molecule has 0 spiro atoms. The Bertz CT molecular complexity index is 1270. The lowest BCUT2D eigenvalue weighted by atomic mass is 9.99. The number of nitrogens with zero attached hydrogens (tertiary/aromatic N) is 2. The molecule has 4 rings (SSSR count). The first kappa shape index (κ1) is 23.3. The van der Waals surface area contributed by atoms with E-state index in [1.807, 2.05) is 0 Å². The normalized spacial score (nSPS) is 13.1. The molecule has 1 aromatic heterocycles. The largest absolute Gasteiger partial charge is 0.473 e. The Kier molecular flexibility index (Phi) is 7.14. The highest BCUT2D eigenvalue weighted by molar-refractivity contribution is 5.74. The third-order valence-corrected chi connectivity index (χ3v) is 5.47. The molecule has 2 heterocycles. The minimum atomic E-state index is -0.712. The van der Waals surface area contributed by atoms with Gasteiger partial charge < -0.3 is 14.2 Å². The smallest absolute Gasteiger partial charge is 0.310 e. The number of fused-ring (bicyclic) bond motifs is 6. The molecule has 8 heteroatoms. The highest BCUT2D eigenvalue weighted by Crippen LogP contribution is 2.30.